The van der Waals surface area contributed by atoms with Gasteiger partial charge in [0.05, 0.1) is 23.9 Å². The topological polar surface area (TPSA) is 93.2 Å². The van der Waals surface area contributed by atoms with Crippen LogP contribution in [-0.2, 0) is 19.2 Å². The van der Waals surface area contributed by atoms with E-state index in [0.29, 0.717) is 23.7 Å². The number of hydrogen-bond acceptors (Lipinski definition) is 6. The lowest BCUT2D eigenvalue weighted by Crippen LogP contribution is -2.28. The Labute approximate surface area is 179 Å². The standard InChI is InChI=1S/C23H22N2O6/c1-2-30-19-6-4-3-5-18(19)24-14-15(13-22(24)28)23(29)31-17-9-7-16(8-10-17)25-20(26)11-12-21(25)27/h3-10,15H,2,11-14H2,1H3/t15-/m1/s1. The molecule has 8 nitrogen and oxygen atoms in total. The second-order valence-electron chi connectivity index (χ2n) is 7.34. The van der Waals surface area contributed by atoms with Crippen LogP contribution in [0.5, 0.6) is 11.5 Å². The first kappa shape index (κ1) is 20.6. The van der Waals surface area contributed by atoms with E-state index in [9.17, 15) is 19.2 Å². The molecule has 0 bridgehead atoms. The fourth-order valence-electron chi connectivity index (χ4n) is 3.78. The van der Waals surface area contributed by atoms with Gasteiger partial charge in [-0.1, -0.05) is 12.1 Å². The third-order valence-corrected chi connectivity index (χ3v) is 5.28. The molecule has 0 saturated carbocycles. The number of carbonyl (C=O) groups excluding carboxylic acids is 4. The van der Waals surface area contributed by atoms with Crippen molar-refractivity contribution in [1.29, 1.82) is 0 Å². The van der Waals surface area contributed by atoms with Crippen LogP contribution in [0.15, 0.2) is 48.5 Å². The van der Waals surface area contributed by atoms with E-state index in [2.05, 4.69) is 0 Å². The van der Waals surface area contributed by atoms with E-state index in [4.69, 9.17) is 9.47 Å². The van der Waals surface area contributed by atoms with Crippen molar-refractivity contribution in [2.45, 2.75) is 26.2 Å². The average Bonchev–Trinajstić information content (AvgIpc) is 3.31. The van der Waals surface area contributed by atoms with Crippen LogP contribution in [0.4, 0.5) is 11.4 Å². The molecular weight excluding hydrogens is 400 g/mol. The molecule has 31 heavy (non-hydrogen) atoms. The summed E-state index contributed by atoms with van der Waals surface area (Å²) in [5, 5.41) is 0. The largest absolute Gasteiger partial charge is 0.492 e. The monoisotopic (exact) mass is 422 g/mol. The van der Waals surface area contributed by atoms with Crippen LogP contribution in [0.3, 0.4) is 0 Å². The van der Waals surface area contributed by atoms with Gasteiger partial charge in [-0.05, 0) is 43.3 Å². The molecule has 2 saturated heterocycles. The number of imide groups is 1. The van der Waals surface area contributed by atoms with Crippen molar-refractivity contribution in [3.8, 4) is 11.5 Å². The summed E-state index contributed by atoms with van der Waals surface area (Å²) in [6.07, 6.45) is 0.455. The molecule has 0 unspecified atom stereocenters. The number of hydrogen-bond donors (Lipinski definition) is 0. The Kier molecular flexibility index (Phi) is 5.70. The van der Waals surface area contributed by atoms with Crippen LogP contribution in [0, 0.1) is 5.92 Å². The molecule has 0 radical (unpaired) electrons. The van der Waals surface area contributed by atoms with Crippen LogP contribution in [0.25, 0.3) is 0 Å². The number of amides is 3. The summed E-state index contributed by atoms with van der Waals surface area (Å²) in [4.78, 5) is 51.5. The molecule has 2 aliphatic rings. The summed E-state index contributed by atoms with van der Waals surface area (Å²) in [6, 6.07) is 13.4. The quantitative estimate of drug-likeness (QED) is 0.404. The summed E-state index contributed by atoms with van der Waals surface area (Å²) in [5.41, 5.74) is 1.08. The van der Waals surface area contributed by atoms with Crippen LogP contribution in [0.2, 0.25) is 0 Å². The molecule has 2 aromatic carbocycles. The smallest absolute Gasteiger partial charge is 0.316 e. The molecule has 2 aliphatic heterocycles. The third-order valence-electron chi connectivity index (χ3n) is 5.28. The minimum Gasteiger partial charge on any atom is -0.492 e. The fourth-order valence-corrected chi connectivity index (χ4v) is 3.78. The normalized spacial score (nSPS) is 18.6. The van der Waals surface area contributed by atoms with Gasteiger partial charge in [0.15, 0.2) is 0 Å². The first-order valence-electron chi connectivity index (χ1n) is 10.2. The summed E-state index contributed by atoms with van der Waals surface area (Å²) in [6.45, 7) is 2.54. The summed E-state index contributed by atoms with van der Waals surface area (Å²) < 4.78 is 11.0. The average molecular weight is 422 g/mol. The highest BCUT2D eigenvalue weighted by Gasteiger charge is 2.37. The number of rotatable bonds is 6. The molecule has 0 aliphatic carbocycles. The molecular formula is C23H22N2O6. The van der Waals surface area contributed by atoms with Gasteiger partial charge in [-0.3, -0.25) is 24.1 Å². The first-order chi connectivity index (χ1) is 15.0. The second-order valence-corrected chi connectivity index (χ2v) is 7.34. The van der Waals surface area contributed by atoms with Gasteiger partial charge in [-0.2, -0.15) is 0 Å². The Morgan fingerprint density at radius 2 is 1.65 bits per heavy atom. The minimum absolute atomic E-state index is 0.0498. The molecule has 8 heteroatoms. The highest BCUT2D eigenvalue weighted by atomic mass is 16.5. The predicted molar refractivity (Wildman–Crippen MR) is 112 cm³/mol. The summed E-state index contributed by atoms with van der Waals surface area (Å²) in [7, 11) is 0. The third kappa shape index (κ3) is 4.14. The molecule has 0 N–H and O–H groups in total. The second kappa shape index (κ2) is 8.59. The molecule has 2 heterocycles. The Hall–Kier alpha value is -3.68. The number of para-hydroxylation sites is 2. The van der Waals surface area contributed by atoms with Crippen molar-refractivity contribution in [2.24, 2.45) is 5.92 Å². The highest BCUT2D eigenvalue weighted by Crippen LogP contribution is 2.33. The van der Waals surface area contributed by atoms with Crippen LogP contribution in [0.1, 0.15) is 26.2 Å². The molecule has 3 amide bonds. The summed E-state index contributed by atoms with van der Waals surface area (Å²) in [5.74, 6) is -0.898. The van der Waals surface area contributed by atoms with E-state index >= 15 is 0 Å². The highest BCUT2D eigenvalue weighted by molar-refractivity contribution is 6.19. The zero-order chi connectivity index (χ0) is 22.0. The van der Waals surface area contributed by atoms with Crippen LogP contribution >= 0.6 is 0 Å². The van der Waals surface area contributed by atoms with E-state index in [-0.39, 0.29) is 49.3 Å². The van der Waals surface area contributed by atoms with Crippen molar-refractivity contribution >= 4 is 35.1 Å². The number of nitrogens with zero attached hydrogens (tertiary/aromatic N) is 2. The zero-order valence-electron chi connectivity index (χ0n) is 17.1. The van der Waals surface area contributed by atoms with E-state index in [1.165, 1.54) is 12.1 Å². The van der Waals surface area contributed by atoms with Gasteiger partial charge in [-0.25, -0.2) is 0 Å². The minimum atomic E-state index is -0.608. The van der Waals surface area contributed by atoms with Crippen LogP contribution < -0.4 is 19.3 Å². The van der Waals surface area contributed by atoms with E-state index in [1.54, 1.807) is 29.2 Å². The SMILES string of the molecule is CCOc1ccccc1N1C[C@H](C(=O)Oc2ccc(N3C(=O)CCC3=O)cc2)CC1=O. The van der Waals surface area contributed by atoms with Gasteiger partial charge < -0.3 is 14.4 Å². The van der Waals surface area contributed by atoms with Gasteiger partial charge in [0.1, 0.15) is 11.5 Å². The predicted octanol–water partition coefficient (Wildman–Crippen LogP) is 2.70. The number of esters is 1. The number of ether oxygens (including phenoxy) is 2. The van der Waals surface area contributed by atoms with Crippen molar-refractivity contribution < 1.29 is 28.7 Å². The van der Waals surface area contributed by atoms with Crippen molar-refractivity contribution in [3.63, 3.8) is 0 Å². The Morgan fingerprint density at radius 1 is 0.968 bits per heavy atom. The molecule has 0 spiro atoms. The van der Waals surface area contributed by atoms with Gasteiger partial charge in [0, 0.05) is 25.8 Å². The molecule has 0 aromatic heterocycles. The molecule has 160 valence electrons. The van der Waals surface area contributed by atoms with Gasteiger partial charge in [0.25, 0.3) is 0 Å². The van der Waals surface area contributed by atoms with E-state index < -0.39 is 11.9 Å². The Morgan fingerprint density at radius 3 is 2.32 bits per heavy atom. The first-order valence-corrected chi connectivity index (χ1v) is 10.2. The lowest BCUT2D eigenvalue weighted by Gasteiger charge is -2.20. The maximum atomic E-state index is 12.6. The van der Waals surface area contributed by atoms with Crippen molar-refractivity contribution in [1.82, 2.24) is 0 Å². The molecule has 2 aromatic rings. The van der Waals surface area contributed by atoms with Gasteiger partial charge >= 0.3 is 5.97 Å². The molecule has 4 rings (SSSR count). The van der Waals surface area contributed by atoms with Crippen molar-refractivity contribution in [3.05, 3.63) is 48.5 Å². The van der Waals surface area contributed by atoms with Crippen molar-refractivity contribution in [2.75, 3.05) is 23.0 Å². The van der Waals surface area contributed by atoms with E-state index in [1.807, 2.05) is 19.1 Å². The summed E-state index contributed by atoms with van der Waals surface area (Å²) >= 11 is 0. The lowest BCUT2D eigenvalue weighted by atomic mass is 10.1. The maximum absolute atomic E-state index is 12.6. The van der Waals surface area contributed by atoms with Crippen LogP contribution in [-0.4, -0.2) is 36.8 Å². The number of anilines is 2. The van der Waals surface area contributed by atoms with Gasteiger partial charge in [0.2, 0.25) is 17.7 Å². The number of benzene rings is 2. The molecule has 1 atom stereocenters. The fraction of sp³-hybridized carbons (Fsp3) is 0.304. The Bertz CT molecular complexity index is 1020. The van der Waals surface area contributed by atoms with E-state index in [0.717, 1.165) is 4.90 Å². The Balaban J connectivity index is 1.42. The number of carbonyl (C=O) groups is 4. The zero-order valence-corrected chi connectivity index (χ0v) is 17.1. The molecule has 2 fully saturated rings. The lowest BCUT2D eigenvalue weighted by molar-refractivity contribution is -0.139. The maximum Gasteiger partial charge on any atom is 0.316 e. The van der Waals surface area contributed by atoms with Gasteiger partial charge in [-0.15, -0.1) is 0 Å².